The standard InChI is InChI=1S/C13H11Cl2NO2/c1-17-11-4-2-3-5-12(11)18-13-10(15)6-9(7-14)8-16-13/h2-6,8H,7H2,1H3. The summed E-state index contributed by atoms with van der Waals surface area (Å²) in [5.41, 5.74) is 0.842. The number of alkyl halides is 1. The number of ether oxygens (including phenoxy) is 2. The minimum absolute atomic E-state index is 0.329. The predicted octanol–water partition coefficient (Wildman–Crippen LogP) is 4.27. The Hall–Kier alpha value is -1.45. The first-order valence-electron chi connectivity index (χ1n) is 5.26. The third kappa shape index (κ3) is 2.86. The van der Waals surface area contributed by atoms with E-state index < -0.39 is 0 Å². The number of pyridine rings is 1. The summed E-state index contributed by atoms with van der Waals surface area (Å²) in [5, 5.41) is 0.416. The van der Waals surface area contributed by atoms with Gasteiger partial charge >= 0.3 is 0 Å². The van der Waals surface area contributed by atoms with Crippen molar-refractivity contribution in [2.24, 2.45) is 0 Å². The molecule has 5 heteroatoms. The van der Waals surface area contributed by atoms with Crippen LogP contribution in [0.2, 0.25) is 5.02 Å². The monoisotopic (exact) mass is 283 g/mol. The zero-order valence-electron chi connectivity index (χ0n) is 9.69. The smallest absolute Gasteiger partial charge is 0.238 e. The molecule has 3 nitrogen and oxygen atoms in total. The number of para-hydroxylation sites is 2. The number of halogens is 2. The highest BCUT2D eigenvalue weighted by Crippen LogP contribution is 2.33. The zero-order valence-corrected chi connectivity index (χ0v) is 11.2. The van der Waals surface area contributed by atoms with Crippen LogP contribution in [0.4, 0.5) is 0 Å². The Morgan fingerprint density at radius 2 is 1.94 bits per heavy atom. The molecule has 2 rings (SSSR count). The quantitative estimate of drug-likeness (QED) is 0.785. The summed E-state index contributed by atoms with van der Waals surface area (Å²) in [5.74, 6) is 1.88. The number of hydrogen-bond acceptors (Lipinski definition) is 3. The van der Waals surface area contributed by atoms with Gasteiger partial charge in [-0.15, -0.1) is 11.6 Å². The fourth-order valence-corrected chi connectivity index (χ4v) is 1.79. The van der Waals surface area contributed by atoms with Crippen LogP contribution in [0.15, 0.2) is 36.5 Å². The third-order valence-electron chi connectivity index (χ3n) is 2.29. The molecular formula is C13H11Cl2NO2. The summed E-state index contributed by atoms with van der Waals surface area (Å²) in [7, 11) is 1.58. The molecule has 0 unspecified atom stereocenters. The van der Waals surface area contributed by atoms with Gasteiger partial charge in [0.05, 0.1) is 7.11 Å². The largest absolute Gasteiger partial charge is 0.493 e. The van der Waals surface area contributed by atoms with Crippen LogP contribution in [0.5, 0.6) is 17.4 Å². The minimum atomic E-state index is 0.329. The molecule has 0 saturated heterocycles. The van der Waals surface area contributed by atoms with E-state index in [0.717, 1.165) is 5.56 Å². The van der Waals surface area contributed by atoms with Gasteiger partial charge in [0, 0.05) is 12.1 Å². The summed E-state index contributed by atoms with van der Waals surface area (Å²) in [4.78, 5) is 4.13. The molecule has 0 aliphatic heterocycles. The molecular weight excluding hydrogens is 273 g/mol. The second-order valence-corrected chi connectivity index (χ2v) is 4.19. The van der Waals surface area contributed by atoms with Crippen molar-refractivity contribution in [3.8, 4) is 17.4 Å². The summed E-state index contributed by atoms with van der Waals surface area (Å²) in [6.07, 6.45) is 1.63. The Labute approximate surface area is 115 Å². The second kappa shape index (κ2) is 5.94. The van der Waals surface area contributed by atoms with Crippen molar-refractivity contribution < 1.29 is 9.47 Å². The summed E-state index contributed by atoms with van der Waals surface area (Å²) in [6, 6.07) is 9.02. The molecule has 1 aromatic carbocycles. The molecule has 1 aromatic heterocycles. The molecule has 0 amide bonds. The van der Waals surface area contributed by atoms with Gasteiger partial charge < -0.3 is 9.47 Å². The first-order chi connectivity index (χ1) is 8.74. The van der Waals surface area contributed by atoms with Crippen LogP contribution in [-0.4, -0.2) is 12.1 Å². The molecule has 0 radical (unpaired) electrons. The number of nitrogens with zero attached hydrogens (tertiary/aromatic N) is 1. The first-order valence-corrected chi connectivity index (χ1v) is 6.17. The van der Waals surface area contributed by atoms with Gasteiger partial charge in [-0.05, 0) is 23.8 Å². The fourth-order valence-electron chi connectivity index (χ4n) is 1.42. The number of rotatable bonds is 4. The third-order valence-corrected chi connectivity index (χ3v) is 2.87. The van der Waals surface area contributed by atoms with Gasteiger partial charge in [-0.25, -0.2) is 4.98 Å². The first kappa shape index (κ1) is 13.0. The second-order valence-electron chi connectivity index (χ2n) is 3.52. The molecule has 0 aliphatic rings. The summed E-state index contributed by atoms with van der Waals surface area (Å²) < 4.78 is 10.8. The molecule has 0 atom stereocenters. The van der Waals surface area contributed by atoms with Crippen LogP contribution in [0.3, 0.4) is 0 Å². The summed E-state index contributed by atoms with van der Waals surface area (Å²) in [6.45, 7) is 0. The average molecular weight is 284 g/mol. The van der Waals surface area contributed by atoms with Crippen LogP contribution < -0.4 is 9.47 Å². The van der Waals surface area contributed by atoms with Crippen LogP contribution in [0.1, 0.15) is 5.56 Å². The molecule has 0 spiro atoms. The average Bonchev–Trinajstić information content (AvgIpc) is 2.41. The Morgan fingerprint density at radius 3 is 2.56 bits per heavy atom. The van der Waals surface area contributed by atoms with Crippen molar-refractivity contribution in [2.45, 2.75) is 5.88 Å². The minimum Gasteiger partial charge on any atom is -0.493 e. The highest BCUT2D eigenvalue weighted by molar-refractivity contribution is 6.32. The molecule has 94 valence electrons. The van der Waals surface area contributed by atoms with Crippen LogP contribution >= 0.6 is 23.2 Å². The van der Waals surface area contributed by atoms with Crippen molar-refractivity contribution in [1.82, 2.24) is 4.98 Å². The Kier molecular flexibility index (Phi) is 4.28. The lowest BCUT2D eigenvalue weighted by Crippen LogP contribution is -1.93. The van der Waals surface area contributed by atoms with Crippen molar-refractivity contribution in [3.63, 3.8) is 0 Å². The SMILES string of the molecule is COc1ccccc1Oc1ncc(CCl)cc1Cl. The van der Waals surface area contributed by atoms with Gasteiger partial charge in [0.25, 0.3) is 0 Å². The molecule has 0 aliphatic carbocycles. The van der Waals surface area contributed by atoms with E-state index in [1.165, 1.54) is 0 Å². The normalized spacial score (nSPS) is 10.2. The maximum Gasteiger partial charge on any atom is 0.238 e. The van der Waals surface area contributed by atoms with Crippen LogP contribution in [0.25, 0.3) is 0 Å². The van der Waals surface area contributed by atoms with Gasteiger partial charge in [0.15, 0.2) is 11.5 Å². The number of aromatic nitrogens is 1. The lowest BCUT2D eigenvalue weighted by molar-refractivity contribution is 0.374. The number of benzene rings is 1. The van der Waals surface area contributed by atoms with Crippen molar-refractivity contribution in [2.75, 3.05) is 7.11 Å². The molecule has 0 saturated carbocycles. The lowest BCUT2D eigenvalue weighted by atomic mass is 10.3. The molecule has 0 N–H and O–H groups in total. The van der Waals surface area contributed by atoms with Gasteiger partial charge in [0.1, 0.15) is 5.02 Å². The van der Waals surface area contributed by atoms with E-state index in [0.29, 0.717) is 28.3 Å². The zero-order chi connectivity index (χ0) is 13.0. The molecule has 0 fully saturated rings. The van der Waals surface area contributed by atoms with E-state index in [1.807, 2.05) is 12.1 Å². The van der Waals surface area contributed by atoms with Gasteiger partial charge in [-0.2, -0.15) is 0 Å². The maximum atomic E-state index is 6.07. The number of hydrogen-bond donors (Lipinski definition) is 0. The van der Waals surface area contributed by atoms with Gasteiger partial charge in [0.2, 0.25) is 5.88 Å². The topological polar surface area (TPSA) is 31.4 Å². The van der Waals surface area contributed by atoms with E-state index >= 15 is 0 Å². The Balaban J connectivity index is 2.28. The number of methoxy groups -OCH3 is 1. The van der Waals surface area contributed by atoms with Crippen LogP contribution in [0, 0.1) is 0 Å². The van der Waals surface area contributed by atoms with Crippen molar-refractivity contribution >= 4 is 23.2 Å². The molecule has 2 aromatic rings. The van der Waals surface area contributed by atoms with E-state index in [4.69, 9.17) is 32.7 Å². The molecule has 1 heterocycles. The van der Waals surface area contributed by atoms with Crippen molar-refractivity contribution in [1.29, 1.82) is 0 Å². The Morgan fingerprint density at radius 1 is 1.22 bits per heavy atom. The highest BCUT2D eigenvalue weighted by atomic mass is 35.5. The lowest BCUT2D eigenvalue weighted by Gasteiger charge is -2.10. The van der Waals surface area contributed by atoms with Gasteiger partial charge in [-0.1, -0.05) is 23.7 Å². The maximum absolute atomic E-state index is 6.07. The summed E-state index contributed by atoms with van der Waals surface area (Å²) >= 11 is 11.8. The fraction of sp³-hybridized carbons (Fsp3) is 0.154. The van der Waals surface area contributed by atoms with E-state index in [2.05, 4.69) is 4.98 Å². The van der Waals surface area contributed by atoms with Crippen molar-refractivity contribution in [3.05, 3.63) is 47.1 Å². The van der Waals surface area contributed by atoms with E-state index in [9.17, 15) is 0 Å². The highest BCUT2D eigenvalue weighted by Gasteiger charge is 2.09. The predicted molar refractivity (Wildman–Crippen MR) is 71.9 cm³/mol. The van der Waals surface area contributed by atoms with E-state index in [-0.39, 0.29) is 0 Å². The van der Waals surface area contributed by atoms with Crippen LogP contribution in [-0.2, 0) is 5.88 Å². The molecule has 18 heavy (non-hydrogen) atoms. The van der Waals surface area contributed by atoms with Gasteiger partial charge in [-0.3, -0.25) is 0 Å². The van der Waals surface area contributed by atoms with E-state index in [1.54, 1.807) is 31.5 Å². The Bertz CT molecular complexity index is 546. The molecule has 0 bridgehead atoms.